The zero-order valence-electron chi connectivity index (χ0n) is 18.2. The van der Waals surface area contributed by atoms with Gasteiger partial charge in [-0.25, -0.2) is 9.50 Å². The number of hydrogen-bond donors (Lipinski definition) is 1. The van der Waals surface area contributed by atoms with Crippen LogP contribution in [0.3, 0.4) is 0 Å². The Hall–Kier alpha value is -2.64. The molecule has 0 radical (unpaired) electrons. The van der Waals surface area contributed by atoms with Gasteiger partial charge in [0.25, 0.3) is 5.56 Å². The van der Waals surface area contributed by atoms with Crippen molar-refractivity contribution >= 4 is 17.5 Å². The van der Waals surface area contributed by atoms with E-state index in [9.17, 15) is 14.4 Å². The third-order valence-corrected chi connectivity index (χ3v) is 7.33. The lowest BCUT2D eigenvalue weighted by Crippen LogP contribution is -2.42. The van der Waals surface area contributed by atoms with E-state index in [0.717, 1.165) is 62.9 Å². The first-order chi connectivity index (χ1) is 15.0. The van der Waals surface area contributed by atoms with Crippen molar-refractivity contribution in [2.24, 2.45) is 5.92 Å². The third kappa shape index (κ3) is 3.66. The summed E-state index contributed by atoms with van der Waals surface area (Å²) in [5.74, 6) is 0.394. The maximum absolute atomic E-state index is 13.3. The average Bonchev–Trinajstić information content (AvgIpc) is 3.23. The van der Waals surface area contributed by atoms with Crippen LogP contribution in [-0.4, -0.2) is 49.3 Å². The van der Waals surface area contributed by atoms with Crippen molar-refractivity contribution in [2.45, 2.75) is 77.3 Å². The predicted molar refractivity (Wildman–Crippen MR) is 115 cm³/mol. The van der Waals surface area contributed by atoms with E-state index >= 15 is 0 Å². The molecule has 2 aliphatic heterocycles. The minimum atomic E-state index is -0.141. The predicted octanol–water partition coefficient (Wildman–Crippen LogP) is 2.56. The van der Waals surface area contributed by atoms with Crippen molar-refractivity contribution in [1.29, 1.82) is 0 Å². The quantitative estimate of drug-likeness (QED) is 0.801. The Balaban J connectivity index is 1.48. The molecule has 2 amide bonds. The smallest absolute Gasteiger partial charge is 0.277 e. The molecule has 1 unspecified atom stereocenters. The van der Waals surface area contributed by atoms with Crippen molar-refractivity contribution in [2.75, 3.05) is 13.1 Å². The van der Waals surface area contributed by atoms with E-state index in [4.69, 9.17) is 4.98 Å². The lowest BCUT2D eigenvalue weighted by Gasteiger charge is -2.38. The van der Waals surface area contributed by atoms with Crippen LogP contribution in [0.2, 0.25) is 0 Å². The number of hydrogen-bond acceptors (Lipinski definition) is 4. The lowest BCUT2D eigenvalue weighted by atomic mass is 9.87. The van der Waals surface area contributed by atoms with Crippen LogP contribution in [-0.2, 0) is 22.6 Å². The molecule has 1 saturated heterocycles. The summed E-state index contributed by atoms with van der Waals surface area (Å²) in [6.07, 6.45) is 9.10. The summed E-state index contributed by atoms with van der Waals surface area (Å²) in [4.78, 5) is 46.7. The number of aromatic amines is 1. The van der Waals surface area contributed by atoms with Gasteiger partial charge in [0.05, 0.1) is 29.5 Å². The molecule has 5 rings (SSSR count). The van der Waals surface area contributed by atoms with Gasteiger partial charge in [-0.1, -0.05) is 19.3 Å². The number of H-pyrrole nitrogens is 1. The molecule has 1 N–H and O–H groups in total. The summed E-state index contributed by atoms with van der Waals surface area (Å²) >= 11 is 0. The van der Waals surface area contributed by atoms with E-state index in [1.54, 1.807) is 4.90 Å². The highest BCUT2D eigenvalue weighted by Crippen LogP contribution is 2.34. The fourth-order valence-corrected chi connectivity index (χ4v) is 5.54. The zero-order valence-corrected chi connectivity index (χ0v) is 18.2. The molecule has 2 aromatic rings. The van der Waals surface area contributed by atoms with Crippen molar-refractivity contribution in [3.8, 4) is 0 Å². The van der Waals surface area contributed by atoms with Crippen LogP contribution in [0.1, 0.15) is 81.3 Å². The van der Waals surface area contributed by atoms with Crippen LogP contribution in [0.5, 0.6) is 0 Å². The lowest BCUT2D eigenvalue weighted by molar-refractivity contribution is -0.140. The fourth-order valence-electron chi connectivity index (χ4n) is 5.54. The summed E-state index contributed by atoms with van der Waals surface area (Å²) < 4.78 is 1.50. The van der Waals surface area contributed by atoms with Gasteiger partial charge in [-0.05, 0) is 32.1 Å². The second kappa shape index (κ2) is 8.13. The molecular formula is C23H31N5O3. The van der Waals surface area contributed by atoms with Crippen LogP contribution in [0.4, 0.5) is 0 Å². The maximum atomic E-state index is 13.3. The van der Waals surface area contributed by atoms with E-state index in [2.05, 4.69) is 5.10 Å². The molecule has 1 saturated carbocycles. The molecular weight excluding hydrogens is 394 g/mol. The van der Waals surface area contributed by atoms with Gasteiger partial charge >= 0.3 is 0 Å². The molecule has 31 heavy (non-hydrogen) atoms. The van der Waals surface area contributed by atoms with Crippen LogP contribution in [0, 0.1) is 5.92 Å². The van der Waals surface area contributed by atoms with E-state index in [1.807, 2.05) is 11.0 Å². The highest BCUT2D eigenvalue weighted by Gasteiger charge is 2.34. The SMILES string of the molecule is CC(=O)N1CCc2nc3cc(C4CCCCN4C(=O)C4CCCCC4)[nH]n3c(=O)c2C1. The van der Waals surface area contributed by atoms with E-state index in [-0.39, 0.29) is 29.3 Å². The Kier molecular flexibility index (Phi) is 5.32. The number of amides is 2. The summed E-state index contributed by atoms with van der Waals surface area (Å²) in [6, 6.07) is 1.91. The van der Waals surface area contributed by atoms with Crippen molar-refractivity contribution < 1.29 is 9.59 Å². The van der Waals surface area contributed by atoms with E-state index in [1.165, 1.54) is 17.9 Å². The third-order valence-electron chi connectivity index (χ3n) is 7.33. The van der Waals surface area contributed by atoms with E-state index < -0.39 is 0 Å². The van der Waals surface area contributed by atoms with Crippen LogP contribution >= 0.6 is 0 Å². The van der Waals surface area contributed by atoms with Crippen LogP contribution < -0.4 is 5.56 Å². The van der Waals surface area contributed by atoms with Gasteiger partial charge in [0.2, 0.25) is 11.8 Å². The number of fused-ring (bicyclic) bond motifs is 2. The van der Waals surface area contributed by atoms with Gasteiger partial charge in [-0.3, -0.25) is 19.5 Å². The molecule has 0 bridgehead atoms. The molecule has 2 aromatic heterocycles. The molecule has 1 aliphatic carbocycles. The average molecular weight is 426 g/mol. The Morgan fingerprint density at radius 2 is 1.84 bits per heavy atom. The largest absolute Gasteiger partial charge is 0.338 e. The van der Waals surface area contributed by atoms with Crippen molar-refractivity contribution in [3.05, 3.63) is 33.4 Å². The maximum Gasteiger partial charge on any atom is 0.277 e. The molecule has 2 fully saturated rings. The van der Waals surface area contributed by atoms with Crippen LogP contribution in [0.25, 0.3) is 5.65 Å². The Morgan fingerprint density at radius 1 is 1.06 bits per heavy atom. The highest BCUT2D eigenvalue weighted by atomic mass is 16.2. The zero-order chi connectivity index (χ0) is 21.5. The highest BCUT2D eigenvalue weighted by molar-refractivity contribution is 5.79. The number of carbonyl (C=O) groups excluding carboxylic acids is 2. The first kappa shape index (κ1) is 20.3. The minimum Gasteiger partial charge on any atom is -0.338 e. The number of aromatic nitrogens is 3. The second-order valence-corrected chi connectivity index (χ2v) is 9.32. The molecule has 3 aliphatic rings. The number of nitrogens with zero attached hydrogens (tertiary/aromatic N) is 4. The number of carbonyl (C=O) groups is 2. The standard InChI is InChI=1S/C23H31N5O3/c1-15(29)26-12-10-18-17(14-26)23(31)28-21(24-18)13-19(25-28)20-9-5-6-11-27(20)22(30)16-7-3-2-4-8-16/h13,16,20,25H,2-12,14H2,1H3. The van der Waals surface area contributed by atoms with Gasteiger partial charge in [-0.2, -0.15) is 0 Å². The van der Waals surface area contributed by atoms with Gasteiger partial charge in [0, 0.05) is 38.4 Å². The summed E-state index contributed by atoms with van der Waals surface area (Å²) in [7, 11) is 0. The van der Waals surface area contributed by atoms with Gasteiger partial charge in [0.1, 0.15) is 0 Å². The number of rotatable bonds is 2. The summed E-state index contributed by atoms with van der Waals surface area (Å²) in [5, 5.41) is 3.26. The molecule has 1 atom stereocenters. The first-order valence-corrected chi connectivity index (χ1v) is 11.7. The summed E-state index contributed by atoms with van der Waals surface area (Å²) in [5.41, 5.74) is 2.72. The number of nitrogens with one attached hydrogen (secondary N) is 1. The molecule has 0 aromatic carbocycles. The van der Waals surface area contributed by atoms with Gasteiger partial charge in [-0.15, -0.1) is 0 Å². The Morgan fingerprint density at radius 3 is 2.61 bits per heavy atom. The van der Waals surface area contributed by atoms with E-state index in [0.29, 0.717) is 30.7 Å². The second-order valence-electron chi connectivity index (χ2n) is 9.32. The van der Waals surface area contributed by atoms with Gasteiger partial charge < -0.3 is 9.80 Å². The number of likely N-dealkylation sites (tertiary alicyclic amines) is 1. The molecule has 8 nitrogen and oxygen atoms in total. The molecule has 8 heteroatoms. The number of piperidine rings is 1. The Bertz CT molecular complexity index is 1070. The fraction of sp³-hybridized carbons (Fsp3) is 0.652. The van der Waals surface area contributed by atoms with Gasteiger partial charge in [0.15, 0.2) is 5.65 Å². The summed E-state index contributed by atoms with van der Waals surface area (Å²) in [6.45, 7) is 3.21. The van der Waals surface area contributed by atoms with Crippen molar-refractivity contribution in [3.63, 3.8) is 0 Å². The topological polar surface area (TPSA) is 90.8 Å². The Labute approximate surface area is 181 Å². The van der Waals surface area contributed by atoms with Crippen molar-refractivity contribution in [1.82, 2.24) is 24.4 Å². The first-order valence-electron chi connectivity index (χ1n) is 11.7. The van der Waals surface area contributed by atoms with Crippen LogP contribution in [0.15, 0.2) is 10.9 Å². The molecule has 0 spiro atoms. The normalized spacial score (nSPS) is 22.5. The molecule has 4 heterocycles. The minimum absolute atomic E-state index is 0.0265. The monoisotopic (exact) mass is 425 g/mol. The molecule has 166 valence electrons.